The molecule has 0 saturated carbocycles. The highest BCUT2D eigenvalue weighted by Crippen LogP contribution is 2.28. The summed E-state index contributed by atoms with van der Waals surface area (Å²) in [4.78, 5) is 43.7. The minimum Gasteiger partial charge on any atom is -0.368 e. The number of hydrogen-bond donors (Lipinski definition) is 2. The highest BCUT2D eigenvalue weighted by Gasteiger charge is 2.29. The van der Waals surface area contributed by atoms with Crippen LogP contribution in [-0.2, 0) is 11.4 Å². The van der Waals surface area contributed by atoms with Gasteiger partial charge in [0.2, 0.25) is 5.95 Å². The van der Waals surface area contributed by atoms with Crippen molar-refractivity contribution < 1.29 is 9.63 Å². The monoisotopic (exact) mass is 512 g/mol. The summed E-state index contributed by atoms with van der Waals surface area (Å²) >= 11 is 1.44. The highest BCUT2D eigenvalue weighted by molar-refractivity contribution is 7.16. The molecule has 0 radical (unpaired) electrons. The minimum atomic E-state index is -0.527. The maximum Gasteiger partial charge on any atom is 0.430 e. The molecule has 0 spiro atoms. The van der Waals surface area contributed by atoms with E-state index in [4.69, 9.17) is 15.6 Å². The van der Waals surface area contributed by atoms with Crippen molar-refractivity contribution in [1.29, 1.82) is 0 Å². The quantitative estimate of drug-likeness (QED) is 0.519. The fourth-order valence-corrected chi connectivity index (χ4v) is 5.26. The number of carbonyl (C=O) groups excluding carboxylic acids is 1. The molecular formula is C23H32N10O2S. The van der Waals surface area contributed by atoms with Crippen LogP contribution in [0.2, 0.25) is 0 Å². The van der Waals surface area contributed by atoms with Crippen LogP contribution in [-0.4, -0.2) is 99.8 Å². The molecule has 2 aliphatic heterocycles. The first-order valence-electron chi connectivity index (χ1n) is 12.1. The third-order valence-corrected chi connectivity index (χ3v) is 7.35. The van der Waals surface area contributed by atoms with Gasteiger partial charge in [0.15, 0.2) is 10.6 Å². The molecule has 3 N–H and O–H groups in total. The molecule has 13 heteroatoms. The van der Waals surface area contributed by atoms with E-state index >= 15 is 0 Å². The maximum atomic E-state index is 12.6. The molecule has 2 aliphatic rings. The summed E-state index contributed by atoms with van der Waals surface area (Å²) in [7, 11) is 2.15. The number of nitrogens with one attached hydrogen (secondary N) is 1. The Hall–Kier alpha value is -3.13. The number of nitrogens with two attached hydrogens (primary N) is 1. The molecule has 2 fully saturated rings. The number of fused-ring (bicyclic) bond motifs is 1. The fourth-order valence-electron chi connectivity index (χ4n) is 4.60. The molecule has 5 rings (SSSR count). The number of pyridine rings is 1. The lowest BCUT2D eigenvalue weighted by Gasteiger charge is -2.39. The largest absolute Gasteiger partial charge is 0.430 e. The zero-order valence-electron chi connectivity index (χ0n) is 20.8. The standard InChI is InChI=1S/C23H32N10O2S/c1-15-12-32(10-11-33(15)20-19-21(36-14-25-19)29-22(24)28-20)35-23(34)27-18-5-4-17(26-16(18)2)13-31-8-6-30(3)7-9-31/h4-5,14-15H,6-13H2,1-3H3,(H,27,34)(H2,24,28,29)/t15-/m0/s1. The van der Waals surface area contributed by atoms with Gasteiger partial charge >= 0.3 is 6.09 Å². The van der Waals surface area contributed by atoms with Crippen LogP contribution >= 0.6 is 11.3 Å². The van der Waals surface area contributed by atoms with Gasteiger partial charge in [0.1, 0.15) is 5.52 Å². The number of amides is 1. The van der Waals surface area contributed by atoms with Crippen LogP contribution in [0.25, 0.3) is 10.3 Å². The summed E-state index contributed by atoms with van der Waals surface area (Å²) in [5.41, 5.74) is 10.8. The second kappa shape index (κ2) is 10.5. The van der Waals surface area contributed by atoms with Crippen LogP contribution in [0.1, 0.15) is 18.3 Å². The number of piperazine rings is 2. The molecule has 3 aromatic heterocycles. The number of anilines is 3. The Morgan fingerprint density at radius 1 is 1.17 bits per heavy atom. The zero-order chi connectivity index (χ0) is 25.2. The third kappa shape index (κ3) is 5.48. The second-order valence-electron chi connectivity index (χ2n) is 9.36. The van der Waals surface area contributed by atoms with Crippen molar-refractivity contribution in [1.82, 2.24) is 34.8 Å². The first-order chi connectivity index (χ1) is 17.4. The van der Waals surface area contributed by atoms with E-state index in [9.17, 15) is 4.79 Å². The first kappa shape index (κ1) is 24.6. The van der Waals surface area contributed by atoms with Gasteiger partial charge in [-0.25, -0.2) is 14.8 Å². The van der Waals surface area contributed by atoms with Crippen molar-refractivity contribution in [2.24, 2.45) is 0 Å². The maximum absolute atomic E-state index is 12.6. The second-order valence-corrected chi connectivity index (χ2v) is 10.2. The van der Waals surface area contributed by atoms with E-state index in [0.29, 0.717) is 31.1 Å². The van der Waals surface area contributed by atoms with Crippen molar-refractivity contribution in [2.75, 3.05) is 68.8 Å². The molecule has 3 aromatic rings. The van der Waals surface area contributed by atoms with Crippen molar-refractivity contribution in [2.45, 2.75) is 26.4 Å². The number of carbonyl (C=O) groups is 1. The topological polar surface area (TPSA) is 129 Å². The number of thiazole rings is 1. The van der Waals surface area contributed by atoms with E-state index in [2.05, 4.69) is 48.9 Å². The van der Waals surface area contributed by atoms with Crippen molar-refractivity contribution in [3.05, 3.63) is 29.0 Å². The lowest BCUT2D eigenvalue weighted by molar-refractivity contribution is -0.103. The van der Waals surface area contributed by atoms with Gasteiger partial charge < -0.3 is 20.4 Å². The van der Waals surface area contributed by atoms with E-state index in [0.717, 1.165) is 54.5 Å². The van der Waals surface area contributed by atoms with Crippen LogP contribution < -0.4 is 16.0 Å². The van der Waals surface area contributed by atoms with Crippen LogP contribution in [0.15, 0.2) is 17.6 Å². The number of aryl methyl sites for hydroxylation is 1. The summed E-state index contributed by atoms with van der Waals surface area (Å²) in [5, 5.41) is 4.51. The van der Waals surface area contributed by atoms with Gasteiger partial charge in [-0.05, 0) is 33.0 Å². The number of hydroxylamine groups is 2. The number of nitrogens with zero attached hydrogens (tertiary/aromatic N) is 8. The Balaban J connectivity index is 1.15. The van der Waals surface area contributed by atoms with Crippen LogP contribution in [0.5, 0.6) is 0 Å². The van der Waals surface area contributed by atoms with E-state index in [-0.39, 0.29) is 12.0 Å². The average molecular weight is 513 g/mol. The summed E-state index contributed by atoms with van der Waals surface area (Å²) in [6, 6.07) is 3.89. The molecule has 0 aliphatic carbocycles. The minimum absolute atomic E-state index is 0.0306. The Labute approximate surface area is 214 Å². The van der Waals surface area contributed by atoms with Crippen LogP contribution in [0.3, 0.4) is 0 Å². The van der Waals surface area contributed by atoms with E-state index in [1.165, 1.54) is 11.3 Å². The fraction of sp³-hybridized carbons (Fsp3) is 0.522. The number of aromatic nitrogens is 4. The average Bonchev–Trinajstić information content (AvgIpc) is 3.30. The van der Waals surface area contributed by atoms with Gasteiger partial charge in [-0.1, -0.05) is 0 Å². The molecule has 1 atom stereocenters. The van der Waals surface area contributed by atoms with Gasteiger partial charge in [0.25, 0.3) is 0 Å². The van der Waals surface area contributed by atoms with E-state index < -0.39 is 6.09 Å². The lowest BCUT2D eigenvalue weighted by atomic mass is 10.2. The van der Waals surface area contributed by atoms with Crippen molar-refractivity contribution in [3.8, 4) is 0 Å². The smallest absolute Gasteiger partial charge is 0.368 e. The number of likely N-dealkylation sites (N-methyl/N-ethyl adjacent to an activating group) is 1. The van der Waals surface area contributed by atoms with Gasteiger partial charge in [-0.15, -0.1) is 16.4 Å². The Kier molecular flexibility index (Phi) is 7.14. The molecule has 0 aromatic carbocycles. The van der Waals surface area contributed by atoms with Crippen LogP contribution in [0.4, 0.5) is 22.2 Å². The number of nitrogen functional groups attached to an aromatic ring is 1. The molecule has 5 heterocycles. The van der Waals surface area contributed by atoms with Crippen molar-refractivity contribution >= 4 is 45.2 Å². The normalized spacial score (nSPS) is 20.1. The molecule has 0 unspecified atom stereocenters. The Morgan fingerprint density at radius 2 is 1.97 bits per heavy atom. The first-order valence-corrected chi connectivity index (χ1v) is 13.0. The van der Waals surface area contributed by atoms with E-state index in [1.807, 2.05) is 19.1 Å². The summed E-state index contributed by atoms with van der Waals surface area (Å²) in [5.74, 6) is 0.944. The lowest BCUT2D eigenvalue weighted by Crippen LogP contribution is -2.53. The summed E-state index contributed by atoms with van der Waals surface area (Å²) < 4.78 is 0. The van der Waals surface area contributed by atoms with Crippen LogP contribution in [0, 0.1) is 6.92 Å². The molecule has 36 heavy (non-hydrogen) atoms. The predicted molar refractivity (Wildman–Crippen MR) is 140 cm³/mol. The van der Waals surface area contributed by atoms with Gasteiger partial charge in [0.05, 0.1) is 35.7 Å². The molecular weight excluding hydrogens is 480 g/mol. The molecule has 0 bridgehead atoms. The SMILES string of the molecule is Cc1nc(CN2CCN(C)CC2)ccc1NC(=O)ON1CCN(c2nc(N)nc3scnc23)[C@@H](C)C1. The third-order valence-electron chi connectivity index (χ3n) is 6.63. The predicted octanol–water partition coefficient (Wildman–Crippen LogP) is 1.79. The molecule has 12 nitrogen and oxygen atoms in total. The summed E-state index contributed by atoms with van der Waals surface area (Å²) in [6.07, 6.45) is -0.527. The number of hydrogen-bond acceptors (Lipinski definition) is 12. The van der Waals surface area contributed by atoms with Gasteiger partial charge in [-0.2, -0.15) is 4.98 Å². The van der Waals surface area contributed by atoms with Gasteiger partial charge in [-0.3, -0.25) is 15.2 Å². The Morgan fingerprint density at radius 3 is 2.72 bits per heavy atom. The summed E-state index contributed by atoms with van der Waals surface area (Å²) in [6.45, 7) is 10.6. The highest BCUT2D eigenvalue weighted by atomic mass is 32.1. The molecule has 1 amide bonds. The van der Waals surface area contributed by atoms with E-state index in [1.54, 1.807) is 10.6 Å². The molecule has 192 valence electrons. The van der Waals surface area contributed by atoms with Crippen molar-refractivity contribution in [3.63, 3.8) is 0 Å². The zero-order valence-corrected chi connectivity index (χ0v) is 21.7. The molecule has 2 saturated heterocycles. The van der Waals surface area contributed by atoms with Gasteiger partial charge in [0, 0.05) is 45.3 Å². The Bertz CT molecular complexity index is 1230. The number of rotatable bonds is 5.